The van der Waals surface area contributed by atoms with Crippen molar-refractivity contribution in [2.45, 2.75) is 55.7 Å². The van der Waals surface area contributed by atoms with E-state index in [0.29, 0.717) is 0 Å². The van der Waals surface area contributed by atoms with Gasteiger partial charge >= 0.3 is 10.1 Å². The summed E-state index contributed by atoms with van der Waals surface area (Å²) in [6, 6.07) is 15.3. The standard InChI is InChI=1S/C21H28O3S2/c1-17-7-11-20(12-8-17)26(22,23)24-25(15-5-6-16-25)19-13-9-18(10-14-19)21(2,3)4/h7-14H,5-6,15-16H2,1-4H3. The maximum atomic E-state index is 12.9. The minimum absolute atomic E-state index is 0.0749. The predicted molar refractivity (Wildman–Crippen MR) is 109 cm³/mol. The Morgan fingerprint density at radius 2 is 1.42 bits per heavy atom. The second-order valence-corrected chi connectivity index (χ2v) is 12.9. The lowest BCUT2D eigenvalue weighted by Gasteiger charge is -2.35. The van der Waals surface area contributed by atoms with Crippen LogP contribution in [0.3, 0.4) is 0 Å². The summed E-state index contributed by atoms with van der Waals surface area (Å²) in [7, 11) is -5.57. The zero-order chi connectivity index (χ0) is 19.0. The Labute approximate surface area is 159 Å². The Morgan fingerprint density at radius 1 is 0.885 bits per heavy atom. The van der Waals surface area contributed by atoms with Crippen molar-refractivity contribution in [2.75, 3.05) is 11.5 Å². The SMILES string of the molecule is Cc1ccc(S(=O)(=O)OS2(c3ccc(C(C)(C)C)cc3)CCCC2)cc1. The van der Waals surface area contributed by atoms with Gasteiger partial charge < -0.3 is 0 Å². The molecule has 0 bridgehead atoms. The molecule has 0 aromatic heterocycles. The summed E-state index contributed by atoms with van der Waals surface area (Å²) in [6.45, 7) is 8.48. The molecule has 1 fully saturated rings. The van der Waals surface area contributed by atoms with Gasteiger partial charge in [-0.3, -0.25) is 0 Å². The van der Waals surface area contributed by atoms with Gasteiger partial charge in [0.15, 0.2) is 0 Å². The first-order chi connectivity index (χ1) is 12.1. The van der Waals surface area contributed by atoms with Crippen LogP contribution in [-0.4, -0.2) is 19.9 Å². The van der Waals surface area contributed by atoms with Gasteiger partial charge in [-0.2, -0.15) is 8.42 Å². The molecule has 0 unspecified atom stereocenters. The van der Waals surface area contributed by atoms with E-state index >= 15 is 0 Å². The summed E-state index contributed by atoms with van der Waals surface area (Å²) in [5, 5.41) is 0. The normalized spacial score (nSPS) is 18.6. The minimum Gasteiger partial charge on any atom is -0.212 e. The summed E-state index contributed by atoms with van der Waals surface area (Å²) in [6.07, 6.45) is 2.03. The first kappa shape index (κ1) is 19.5. The van der Waals surface area contributed by atoms with Gasteiger partial charge in [-0.15, -0.1) is 0 Å². The fourth-order valence-corrected chi connectivity index (χ4v) is 8.90. The molecule has 2 aromatic carbocycles. The van der Waals surface area contributed by atoms with Crippen molar-refractivity contribution >= 4 is 20.4 Å². The first-order valence-corrected chi connectivity index (χ1v) is 12.3. The lowest BCUT2D eigenvalue weighted by molar-refractivity contribution is 0.510. The van der Waals surface area contributed by atoms with Crippen LogP contribution in [0.2, 0.25) is 0 Å². The second kappa shape index (κ2) is 7.02. The van der Waals surface area contributed by atoms with Crippen LogP contribution >= 0.6 is 10.3 Å². The Hall–Kier alpha value is -1.30. The molecule has 26 heavy (non-hydrogen) atoms. The molecule has 0 saturated carbocycles. The van der Waals surface area contributed by atoms with Gasteiger partial charge in [0.05, 0.1) is 4.90 Å². The van der Waals surface area contributed by atoms with Crippen LogP contribution < -0.4 is 0 Å². The van der Waals surface area contributed by atoms with Crippen molar-refractivity contribution in [3.63, 3.8) is 0 Å². The zero-order valence-corrected chi connectivity index (χ0v) is 17.6. The molecule has 0 N–H and O–H groups in total. The molecule has 1 heterocycles. The molecular formula is C21H28O3S2. The molecule has 3 nitrogen and oxygen atoms in total. The molecule has 142 valence electrons. The summed E-state index contributed by atoms with van der Waals surface area (Å²) in [5.41, 5.74) is 2.35. The van der Waals surface area contributed by atoms with E-state index in [1.807, 2.05) is 19.1 Å². The molecule has 1 aliphatic heterocycles. The Morgan fingerprint density at radius 3 is 1.92 bits per heavy atom. The van der Waals surface area contributed by atoms with Crippen molar-refractivity contribution < 1.29 is 12.0 Å². The van der Waals surface area contributed by atoms with Gasteiger partial charge in [0.25, 0.3) is 0 Å². The molecule has 0 aliphatic carbocycles. The number of rotatable bonds is 4. The highest BCUT2D eigenvalue weighted by atomic mass is 32.3. The molecule has 2 aromatic rings. The van der Waals surface area contributed by atoms with Crippen LogP contribution in [0.25, 0.3) is 0 Å². The number of hydrogen-bond donors (Lipinski definition) is 0. The van der Waals surface area contributed by atoms with Gasteiger partial charge in [0.2, 0.25) is 0 Å². The average Bonchev–Trinajstić information content (AvgIpc) is 3.03. The summed E-state index contributed by atoms with van der Waals surface area (Å²) in [4.78, 5) is 1.28. The molecule has 0 amide bonds. The maximum absolute atomic E-state index is 12.9. The average molecular weight is 393 g/mol. The van der Waals surface area contributed by atoms with Gasteiger partial charge in [-0.05, 0) is 55.0 Å². The number of benzene rings is 2. The fraction of sp³-hybridized carbons (Fsp3) is 0.429. The largest absolute Gasteiger partial charge is 0.306 e. The van der Waals surface area contributed by atoms with Crippen molar-refractivity contribution in [1.29, 1.82) is 0 Å². The minimum atomic E-state index is -3.77. The lowest BCUT2D eigenvalue weighted by atomic mass is 9.87. The third kappa shape index (κ3) is 4.00. The Kier molecular flexibility index (Phi) is 5.26. The Balaban J connectivity index is 1.94. The number of hydrogen-bond acceptors (Lipinski definition) is 3. The van der Waals surface area contributed by atoms with Crippen LogP contribution in [0, 0.1) is 6.92 Å². The summed E-state index contributed by atoms with van der Waals surface area (Å²) >= 11 is 0. The van der Waals surface area contributed by atoms with Crippen LogP contribution in [-0.2, 0) is 19.2 Å². The van der Waals surface area contributed by atoms with Crippen LogP contribution in [0.15, 0.2) is 58.3 Å². The maximum Gasteiger partial charge on any atom is 0.306 e. The van der Waals surface area contributed by atoms with Gasteiger partial charge in [0, 0.05) is 16.4 Å². The van der Waals surface area contributed by atoms with E-state index in [2.05, 4.69) is 45.0 Å². The van der Waals surface area contributed by atoms with Gasteiger partial charge in [-0.25, -0.2) is 3.63 Å². The van der Waals surface area contributed by atoms with E-state index in [0.717, 1.165) is 34.8 Å². The third-order valence-electron chi connectivity index (χ3n) is 4.88. The van der Waals surface area contributed by atoms with E-state index in [-0.39, 0.29) is 10.3 Å². The van der Waals surface area contributed by atoms with Crippen molar-refractivity contribution in [3.05, 3.63) is 59.7 Å². The van der Waals surface area contributed by atoms with Crippen molar-refractivity contribution in [1.82, 2.24) is 0 Å². The molecule has 1 saturated heterocycles. The number of aryl methyl sites for hydroxylation is 1. The summed E-state index contributed by atoms with van der Waals surface area (Å²) in [5.74, 6) is 1.62. The fourth-order valence-electron chi connectivity index (χ4n) is 3.23. The quantitative estimate of drug-likeness (QED) is 0.683. The highest BCUT2D eigenvalue weighted by Crippen LogP contribution is 2.63. The topological polar surface area (TPSA) is 43.4 Å². The molecular weight excluding hydrogens is 364 g/mol. The van der Waals surface area contributed by atoms with Crippen molar-refractivity contribution in [3.8, 4) is 0 Å². The molecule has 5 heteroatoms. The van der Waals surface area contributed by atoms with Gasteiger partial charge in [0.1, 0.15) is 0 Å². The van der Waals surface area contributed by atoms with Crippen molar-refractivity contribution in [2.24, 2.45) is 0 Å². The first-order valence-electron chi connectivity index (χ1n) is 9.04. The third-order valence-corrected chi connectivity index (χ3v) is 10.5. The monoisotopic (exact) mass is 392 g/mol. The highest BCUT2D eigenvalue weighted by molar-refractivity contribution is 8.33. The zero-order valence-electron chi connectivity index (χ0n) is 16.0. The molecule has 1 aliphatic rings. The van der Waals surface area contributed by atoms with E-state index in [4.69, 9.17) is 3.63 Å². The highest BCUT2D eigenvalue weighted by Gasteiger charge is 2.37. The van der Waals surface area contributed by atoms with Crippen LogP contribution in [0.4, 0.5) is 0 Å². The van der Waals surface area contributed by atoms with E-state index in [9.17, 15) is 8.42 Å². The second-order valence-electron chi connectivity index (χ2n) is 8.04. The molecule has 3 rings (SSSR count). The molecule has 0 radical (unpaired) electrons. The van der Waals surface area contributed by atoms with E-state index in [1.165, 1.54) is 5.56 Å². The molecule has 0 spiro atoms. The van der Waals surface area contributed by atoms with Gasteiger partial charge in [-0.1, -0.05) is 60.9 Å². The smallest absolute Gasteiger partial charge is 0.212 e. The van der Waals surface area contributed by atoms with E-state index in [1.54, 1.807) is 12.1 Å². The van der Waals surface area contributed by atoms with Crippen LogP contribution in [0.5, 0.6) is 0 Å². The van der Waals surface area contributed by atoms with Crippen LogP contribution in [0.1, 0.15) is 44.7 Å². The predicted octanol–water partition coefficient (Wildman–Crippen LogP) is 5.57. The Bertz CT molecular complexity index is 855. The summed E-state index contributed by atoms with van der Waals surface area (Å²) < 4.78 is 31.8. The molecule has 0 atom stereocenters. The van der Waals surface area contributed by atoms with E-state index < -0.39 is 20.4 Å². The lowest BCUT2D eigenvalue weighted by Crippen LogP contribution is -2.15.